The number of benzene rings is 1. The average Bonchev–Trinajstić information content (AvgIpc) is 2.62. The molecule has 0 spiro atoms. The van der Waals surface area contributed by atoms with E-state index >= 15 is 0 Å². The van der Waals surface area contributed by atoms with E-state index in [0.717, 1.165) is 13.1 Å². The molecule has 1 aromatic rings. The molecule has 0 aromatic heterocycles. The number of ether oxygens (including phenoxy) is 2. The van der Waals surface area contributed by atoms with E-state index in [-0.39, 0.29) is 18.0 Å². The lowest BCUT2D eigenvalue weighted by Crippen LogP contribution is -2.38. The Morgan fingerprint density at radius 1 is 1.21 bits per heavy atom. The SMILES string of the molecule is Oc1cccc2c1O[C@H]1CNC[C@@H]1O2. The molecule has 14 heavy (non-hydrogen) atoms. The van der Waals surface area contributed by atoms with Gasteiger partial charge in [-0.3, -0.25) is 0 Å². The first-order chi connectivity index (χ1) is 6.84. The summed E-state index contributed by atoms with van der Waals surface area (Å²) < 4.78 is 11.3. The molecule has 0 unspecified atom stereocenters. The van der Waals surface area contributed by atoms with E-state index in [9.17, 15) is 5.11 Å². The molecule has 0 radical (unpaired) electrons. The van der Waals surface area contributed by atoms with Crippen LogP contribution in [0.25, 0.3) is 0 Å². The van der Waals surface area contributed by atoms with Gasteiger partial charge in [-0.05, 0) is 12.1 Å². The van der Waals surface area contributed by atoms with Crippen LogP contribution in [0.15, 0.2) is 18.2 Å². The molecule has 2 aliphatic heterocycles. The van der Waals surface area contributed by atoms with Gasteiger partial charge in [0.25, 0.3) is 0 Å². The number of fused-ring (bicyclic) bond motifs is 2. The molecule has 0 saturated carbocycles. The summed E-state index contributed by atoms with van der Waals surface area (Å²) in [6, 6.07) is 5.16. The van der Waals surface area contributed by atoms with E-state index in [1.807, 2.05) is 6.07 Å². The Morgan fingerprint density at radius 3 is 2.86 bits per heavy atom. The van der Waals surface area contributed by atoms with Crippen LogP contribution < -0.4 is 14.8 Å². The van der Waals surface area contributed by atoms with Crippen LogP contribution in [0.4, 0.5) is 0 Å². The van der Waals surface area contributed by atoms with Crippen LogP contribution >= 0.6 is 0 Å². The van der Waals surface area contributed by atoms with Gasteiger partial charge in [-0.15, -0.1) is 0 Å². The number of rotatable bonds is 0. The van der Waals surface area contributed by atoms with E-state index in [1.54, 1.807) is 12.1 Å². The van der Waals surface area contributed by atoms with E-state index in [1.165, 1.54) is 0 Å². The van der Waals surface area contributed by atoms with E-state index in [2.05, 4.69) is 5.32 Å². The summed E-state index contributed by atoms with van der Waals surface area (Å²) in [6.07, 6.45) is 0.0973. The molecule has 0 amide bonds. The maximum atomic E-state index is 9.55. The van der Waals surface area contributed by atoms with Crippen LogP contribution in [0.2, 0.25) is 0 Å². The topological polar surface area (TPSA) is 50.7 Å². The van der Waals surface area contributed by atoms with Crippen LogP contribution in [0.1, 0.15) is 0 Å². The molecule has 4 nitrogen and oxygen atoms in total. The molecule has 0 aliphatic carbocycles. The van der Waals surface area contributed by atoms with Gasteiger partial charge >= 0.3 is 0 Å². The molecule has 4 heteroatoms. The Bertz CT molecular complexity index is 366. The number of aromatic hydroxyl groups is 1. The lowest BCUT2D eigenvalue weighted by Gasteiger charge is -2.28. The first-order valence-corrected chi connectivity index (χ1v) is 4.70. The summed E-state index contributed by atoms with van der Waals surface area (Å²) in [4.78, 5) is 0. The summed E-state index contributed by atoms with van der Waals surface area (Å²) in [7, 11) is 0. The van der Waals surface area contributed by atoms with Crippen LogP contribution in [-0.4, -0.2) is 30.4 Å². The van der Waals surface area contributed by atoms with Gasteiger partial charge in [0.2, 0.25) is 5.75 Å². The van der Waals surface area contributed by atoms with Crippen LogP contribution in [-0.2, 0) is 0 Å². The summed E-state index contributed by atoms with van der Waals surface area (Å²) in [6.45, 7) is 1.58. The highest BCUT2D eigenvalue weighted by Gasteiger charge is 2.36. The Morgan fingerprint density at radius 2 is 2.00 bits per heavy atom. The molecule has 1 fully saturated rings. The van der Waals surface area contributed by atoms with Crippen molar-refractivity contribution >= 4 is 0 Å². The average molecular weight is 193 g/mol. The van der Waals surface area contributed by atoms with Gasteiger partial charge in [0, 0.05) is 13.1 Å². The molecule has 2 atom stereocenters. The lowest BCUT2D eigenvalue weighted by atomic mass is 10.2. The monoisotopic (exact) mass is 193 g/mol. The third-order valence-corrected chi connectivity index (χ3v) is 2.61. The Kier molecular flexibility index (Phi) is 1.58. The van der Waals surface area contributed by atoms with Crippen molar-refractivity contribution in [3.63, 3.8) is 0 Å². The van der Waals surface area contributed by atoms with Crippen molar-refractivity contribution in [2.45, 2.75) is 12.2 Å². The van der Waals surface area contributed by atoms with Crippen molar-refractivity contribution in [2.24, 2.45) is 0 Å². The van der Waals surface area contributed by atoms with Crippen molar-refractivity contribution in [1.29, 1.82) is 0 Å². The maximum absolute atomic E-state index is 9.55. The molecule has 1 aromatic carbocycles. The van der Waals surface area contributed by atoms with Gasteiger partial charge in [-0.25, -0.2) is 0 Å². The number of para-hydroxylation sites is 1. The van der Waals surface area contributed by atoms with Crippen molar-refractivity contribution < 1.29 is 14.6 Å². The van der Waals surface area contributed by atoms with Gasteiger partial charge in [0.15, 0.2) is 11.5 Å². The Hall–Kier alpha value is -1.42. The minimum atomic E-state index is 0.0239. The second-order valence-corrected chi connectivity index (χ2v) is 3.58. The van der Waals surface area contributed by atoms with Gasteiger partial charge < -0.3 is 19.9 Å². The molecule has 1 saturated heterocycles. The summed E-state index contributed by atoms with van der Waals surface area (Å²) >= 11 is 0. The summed E-state index contributed by atoms with van der Waals surface area (Å²) in [5.41, 5.74) is 0. The smallest absolute Gasteiger partial charge is 0.203 e. The van der Waals surface area contributed by atoms with E-state index < -0.39 is 0 Å². The first-order valence-electron chi connectivity index (χ1n) is 4.70. The number of phenols is 1. The minimum absolute atomic E-state index is 0.0239. The highest BCUT2D eigenvalue weighted by Crippen LogP contribution is 2.41. The Balaban J connectivity index is 2.01. The summed E-state index contributed by atoms with van der Waals surface area (Å²) in [5, 5.41) is 12.7. The number of hydrogen-bond acceptors (Lipinski definition) is 4. The van der Waals surface area contributed by atoms with Crippen LogP contribution in [0.3, 0.4) is 0 Å². The highest BCUT2D eigenvalue weighted by atomic mass is 16.6. The zero-order valence-electron chi connectivity index (χ0n) is 7.56. The molecule has 74 valence electrons. The fraction of sp³-hybridized carbons (Fsp3) is 0.400. The predicted octanol–water partition coefficient (Wildman–Crippen LogP) is 0.504. The van der Waals surface area contributed by atoms with Gasteiger partial charge in [0.05, 0.1) is 0 Å². The second kappa shape index (κ2) is 2.78. The fourth-order valence-corrected chi connectivity index (χ4v) is 1.90. The van der Waals surface area contributed by atoms with Gasteiger partial charge in [-0.1, -0.05) is 6.07 Å². The molecular formula is C10H11NO3. The third-order valence-electron chi connectivity index (χ3n) is 2.61. The minimum Gasteiger partial charge on any atom is -0.504 e. The Labute approximate surface area is 81.5 Å². The number of nitrogens with one attached hydrogen (secondary N) is 1. The number of phenolic OH excluding ortho intramolecular Hbond substituents is 1. The molecular weight excluding hydrogens is 182 g/mol. The standard InChI is InChI=1S/C10H11NO3/c12-6-2-1-3-7-10(6)14-9-5-11-4-8(9)13-7/h1-3,8-9,11-12H,4-5H2/t8-,9-/m0/s1. The zero-order valence-corrected chi connectivity index (χ0v) is 7.56. The van der Waals surface area contributed by atoms with Crippen LogP contribution in [0.5, 0.6) is 17.2 Å². The van der Waals surface area contributed by atoms with Crippen molar-refractivity contribution in [1.82, 2.24) is 5.32 Å². The molecule has 3 rings (SSSR count). The fourth-order valence-electron chi connectivity index (χ4n) is 1.90. The first kappa shape index (κ1) is 7.94. The van der Waals surface area contributed by atoms with Gasteiger partial charge in [0.1, 0.15) is 12.2 Å². The lowest BCUT2D eigenvalue weighted by molar-refractivity contribution is 0.0524. The van der Waals surface area contributed by atoms with Crippen molar-refractivity contribution in [3.8, 4) is 17.2 Å². The normalized spacial score (nSPS) is 28.6. The van der Waals surface area contributed by atoms with E-state index in [4.69, 9.17) is 9.47 Å². The molecule has 2 N–H and O–H groups in total. The number of hydrogen-bond donors (Lipinski definition) is 2. The molecule has 2 aliphatic rings. The van der Waals surface area contributed by atoms with Crippen molar-refractivity contribution in [2.75, 3.05) is 13.1 Å². The van der Waals surface area contributed by atoms with E-state index in [0.29, 0.717) is 11.5 Å². The largest absolute Gasteiger partial charge is 0.504 e. The maximum Gasteiger partial charge on any atom is 0.203 e. The zero-order chi connectivity index (χ0) is 9.54. The quantitative estimate of drug-likeness (QED) is 0.630. The predicted molar refractivity (Wildman–Crippen MR) is 49.8 cm³/mol. The highest BCUT2D eigenvalue weighted by molar-refractivity contribution is 5.51. The van der Waals surface area contributed by atoms with Crippen LogP contribution in [0, 0.1) is 0 Å². The third kappa shape index (κ3) is 1.04. The summed E-state index contributed by atoms with van der Waals surface area (Å²) in [5.74, 6) is 1.25. The molecule has 2 heterocycles. The molecule has 0 bridgehead atoms. The van der Waals surface area contributed by atoms with Gasteiger partial charge in [-0.2, -0.15) is 0 Å². The van der Waals surface area contributed by atoms with Crippen molar-refractivity contribution in [3.05, 3.63) is 18.2 Å². The second-order valence-electron chi connectivity index (χ2n) is 3.58.